The van der Waals surface area contributed by atoms with Crippen molar-refractivity contribution in [3.63, 3.8) is 0 Å². The molecule has 0 saturated heterocycles. The lowest BCUT2D eigenvalue weighted by atomic mass is 10.2. The van der Waals surface area contributed by atoms with Crippen molar-refractivity contribution in [2.75, 3.05) is 10.6 Å². The Morgan fingerprint density at radius 2 is 1.80 bits per heavy atom. The zero-order chi connectivity index (χ0) is 18.0. The predicted molar refractivity (Wildman–Crippen MR) is 106 cm³/mol. The number of hydrogen-bond donors (Lipinski definition) is 2. The van der Waals surface area contributed by atoms with Crippen LogP contribution in [0.25, 0.3) is 11.3 Å². The quantitative estimate of drug-likeness (QED) is 0.501. The molecule has 0 saturated carbocycles. The van der Waals surface area contributed by atoms with Crippen LogP contribution in [0.1, 0.15) is 5.56 Å². The number of benzene rings is 2. The molecular formula is C17H12Cl3N3OS. The lowest BCUT2D eigenvalue weighted by molar-refractivity contribution is 0.262. The van der Waals surface area contributed by atoms with E-state index in [1.54, 1.807) is 24.3 Å². The van der Waals surface area contributed by atoms with Gasteiger partial charge in [0.2, 0.25) is 0 Å². The van der Waals surface area contributed by atoms with E-state index in [1.165, 1.54) is 11.3 Å². The first kappa shape index (κ1) is 18.0. The standard InChI is InChI=1S/C17H12Cl3N3OS/c1-9-2-4-11(7-13(9)19)21-16(24)23-17-22-15(8-25-17)10-3-5-12(18)14(20)6-10/h2-8H,1H3,(H2,21,22,23,24). The van der Waals surface area contributed by atoms with Crippen molar-refractivity contribution >= 4 is 63.0 Å². The maximum Gasteiger partial charge on any atom is 0.325 e. The highest BCUT2D eigenvalue weighted by Crippen LogP contribution is 2.30. The molecule has 3 aromatic rings. The van der Waals surface area contributed by atoms with Gasteiger partial charge in [-0.15, -0.1) is 11.3 Å². The van der Waals surface area contributed by atoms with E-state index in [-0.39, 0.29) is 0 Å². The molecule has 2 N–H and O–H groups in total. The fourth-order valence-corrected chi connectivity index (χ4v) is 3.24. The smallest absolute Gasteiger partial charge is 0.308 e. The average molecular weight is 413 g/mol. The third-order valence-corrected chi connectivity index (χ3v) is 5.27. The van der Waals surface area contributed by atoms with Gasteiger partial charge in [-0.3, -0.25) is 5.32 Å². The Morgan fingerprint density at radius 1 is 1.00 bits per heavy atom. The molecule has 0 aliphatic carbocycles. The van der Waals surface area contributed by atoms with E-state index in [4.69, 9.17) is 34.8 Å². The number of rotatable bonds is 3. The largest absolute Gasteiger partial charge is 0.325 e. The molecule has 1 heterocycles. The minimum Gasteiger partial charge on any atom is -0.308 e. The molecule has 0 fully saturated rings. The Hall–Kier alpha value is -1.79. The monoisotopic (exact) mass is 411 g/mol. The van der Waals surface area contributed by atoms with E-state index in [2.05, 4.69) is 15.6 Å². The second-order valence-electron chi connectivity index (χ2n) is 5.21. The maximum atomic E-state index is 12.1. The van der Waals surface area contributed by atoms with Crippen LogP contribution in [0, 0.1) is 6.92 Å². The normalized spacial score (nSPS) is 10.6. The Labute approximate surface area is 163 Å². The number of amides is 2. The van der Waals surface area contributed by atoms with E-state index in [0.29, 0.717) is 31.6 Å². The molecule has 0 unspecified atom stereocenters. The van der Waals surface area contributed by atoms with Crippen molar-refractivity contribution < 1.29 is 4.79 Å². The molecule has 0 aliphatic rings. The summed E-state index contributed by atoms with van der Waals surface area (Å²) in [6, 6.07) is 10.2. The number of urea groups is 1. The van der Waals surface area contributed by atoms with Crippen LogP contribution in [0.5, 0.6) is 0 Å². The van der Waals surface area contributed by atoms with Crippen LogP contribution in [-0.4, -0.2) is 11.0 Å². The van der Waals surface area contributed by atoms with Gasteiger partial charge < -0.3 is 5.32 Å². The molecule has 8 heteroatoms. The van der Waals surface area contributed by atoms with Crippen LogP contribution >= 0.6 is 46.1 Å². The van der Waals surface area contributed by atoms with Crippen molar-refractivity contribution in [2.45, 2.75) is 6.92 Å². The Kier molecular flexibility index (Phi) is 5.49. The van der Waals surface area contributed by atoms with Gasteiger partial charge in [0, 0.05) is 21.7 Å². The SMILES string of the molecule is Cc1ccc(NC(=O)Nc2nc(-c3ccc(Cl)c(Cl)c3)cs2)cc1Cl. The molecule has 0 radical (unpaired) electrons. The Balaban J connectivity index is 1.69. The van der Waals surface area contributed by atoms with Gasteiger partial charge in [-0.25, -0.2) is 9.78 Å². The minimum absolute atomic E-state index is 0.394. The second kappa shape index (κ2) is 7.62. The highest BCUT2D eigenvalue weighted by Gasteiger charge is 2.10. The number of halogens is 3. The van der Waals surface area contributed by atoms with E-state index in [1.807, 2.05) is 24.4 Å². The fourth-order valence-electron chi connectivity index (χ4n) is 2.05. The second-order valence-corrected chi connectivity index (χ2v) is 7.29. The molecule has 0 aliphatic heterocycles. The molecule has 0 atom stereocenters. The van der Waals surface area contributed by atoms with E-state index in [9.17, 15) is 4.79 Å². The van der Waals surface area contributed by atoms with Crippen molar-refractivity contribution in [3.05, 3.63) is 62.4 Å². The van der Waals surface area contributed by atoms with Gasteiger partial charge in [-0.2, -0.15) is 0 Å². The van der Waals surface area contributed by atoms with Crippen LogP contribution in [0.2, 0.25) is 15.1 Å². The van der Waals surface area contributed by atoms with Crippen LogP contribution < -0.4 is 10.6 Å². The van der Waals surface area contributed by atoms with Gasteiger partial charge in [0.1, 0.15) is 0 Å². The van der Waals surface area contributed by atoms with Gasteiger partial charge in [-0.05, 0) is 36.8 Å². The lowest BCUT2D eigenvalue weighted by Crippen LogP contribution is -2.19. The molecule has 2 amide bonds. The Morgan fingerprint density at radius 3 is 2.52 bits per heavy atom. The molecule has 128 valence electrons. The third kappa shape index (κ3) is 4.44. The minimum atomic E-state index is -0.394. The van der Waals surface area contributed by atoms with Crippen molar-refractivity contribution in [1.82, 2.24) is 4.98 Å². The summed E-state index contributed by atoms with van der Waals surface area (Å²) in [5, 5.41) is 9.24. The Bertz CT molecular complexity index is 943. The van der Waals surface area contributed by atoms with Gasteiger partial charge in [-0.1, -0.05) is 46.9 Å². The van der Waals surface area contributed by atoms with Crippen molar-refractivity contribution in [3.8, 4) is 11.3 Å². The molecule has 4 nitrogen and oxygen atoms in total. The molecule has 3 rings (SSSR count). The number of carbonyl (C=O) groups is 1. The fraction of sp³-hybridized carbons (Fsp3) is 0.0588. The predicted octanol–water partition coefficient (Wildman–Crippen LogP) is 6.72. The number of nitrogens with zero attached hydrogens (tertiary/aromatic N) is 1. The van der Waals surface area contributed by atoms with Crippen LogP contribution in [-0.2, 0) is 0 Å². The molecular weight excluding hydrogens is 401 g/mol. The summed E-state index contributed by atoms with van der Waals surface area (Å²) in [5.41, 5.74) is 3.08. The molecule has 2 aromatic carbocycles. The number of carbonyl (C=O) groups excluding carboxylic acids is 1. The van der Waals surface area contributed by atoms with Crippen molar-refractivity contribution in [1.29, 1.82) is 0 Å². The summed E-state index contributed by atoms with van der Waals surface area (Å²) in [6.45, 7) is 1.90. The summed E-state index contributed by atoms with van der Waals surface area (Å²) in [5.74, 6) is 0. The highest BCUT2D eigenvalue weighted by atomic mass is 35.5. The van der Waals surface area contributed by atoms with E-state index < -0.39 is 6.03 Å². The van der Waals surface area contributed by atoms with Crippen molar-refractivity contribution in [2.24, 2.45) is 0 Å². The number of aryl methyl sites for hydroxylation is 1. The first-order valence-electron chi connectivity index (χ1n) is 7.17. The van der Waals surface area contributed by atoms with Crippen LogP contribution in [0.4, 0.5) is 15.6 Å². The zero-order valence-electron chi connectivity index (χ0n) is 12.9. The summed E-state index contributed by atoms with van der Waals surface area (Å²) < 4.78 is 0. The van der Waals surface area contributed by atoms with Crippen LogP contribution in [0.3, 0.4) is 0 Å². The van der Waals surface area contributed by atoms with Gasteiger partial charge in [0.05, 0.1) is 15.7 Å². The highest BCUT2D eigenvalue weighted by molar-refractivity contribution is 7.14. The van der Waals surface area contributed by atoms with E-state index in [0.717, 1.165) is 11.1 Å². The first-order chi connectivity index (χ1) is 11.9. The average Bonchev–Trinajstić information content (AvgIpc) is 3.02. The number of hydrogen-bond acceptors (Lipinski definition) is 3. The third-order valence-electron chi connectivity index (χ3n) is 3.37. The van der Waals surface area contributed by atoms with Gasteiger partial charge in [0.15, 0.2) is 5.13 Å². The van der Waals surface area contributed by atoms with Gasteiger partial charge in [0.25, 0.3) is 0 Å². The topological polar surface area (TPSA) is 54.0 Å². The first-order valence-corrected chi connectivity index (χ1v) is 9.19. The molecule has 0 spiro atoms. The van der Waals surface area contributed by atoms with Crippen LogP contribution in [0.15, 0.2) is 41.8 Å². The maximum absolute atomic E-state index is 12.1. The van der Waals surface area contributed by atoms with Gasteiger partial charge >= 0.3 is 6.03 Å². The summed E-state index contributed by atoms with van der Waals surface area (Å²) in [6.07, 6.45) is 0. The summed E-state index contributed by atoms with van der Waals surface area (Å²) in [4.78, 5) is 16.5. The molecule has 25 heavy (non-hydrogen) atoms. The number of anilines is 2. The molecule has 0 bridgehead atoms. The van der Waals surface area contributed by atoms with E-state index >= 15 is 0 Å². The number of nitrogens with one attached hydrogen (secondary N) is 2. The summed E-state index contributed by atoms with van der Waals surface area (Å²) >= 11 is 19.3. The number of aromatic nitrogens is 1. The summed E-state index contributed by atoms with van der Waals surface area (Å²) in [7, 11) is 0. The molecule has 1 aromatic heterocycles. The zero-order valence-corrected chi connectivity index (χ0v) is 16.0. The lowest BCUT2D eigenvalue weighted by Gasteiger charge is -2.07. The number of thiazole rings is 1.